The molecule has 0 aliphatic rings. The summed E-state index contributed by atoms with van der Waals surface area (Å²) in [4.78, 5) is 4.18. The van der Waals surface area contributed by atoms with E-state index in [9.17, 15) is 8.42 Å². The quantitative estimate of drug-likeness (QED) is 0.777. The third-order valence-corrected chi connectivity index (χ3v) is 4.90. The van der Waals surface area contributed by atoms with Crippen LogP contribution in [-0.4, -0.2) is 23.6 Å². The van der Waals surface area contributed by atoms with E-state index in [2.05, 4.69) is 19.9 Å². The first-order valence-electron chi connectivity index (χ1n) is 5.13. The lowest BCUT2D eigenvalue weighted by molar-refractivity contribution is 0.597. The Labute approximate surface area is 117 Å². The second-order valence-electron chi connectivity index (χ2n) is 3.66. The number of nitrogens with one attached hydrogen (secondary N) is 2. The van der Waals surface area contributed by atoms with Gasteiger partial charge in [-0.05, 0) is 24.3 Å². The normalized spacial score (nSPS) is 11.8. The van der Waals surface area contributed by atoms with Gasteiger partial charge < -0.3 is 0 Å². The van der Waals surface area contributed by atoms with Gasteiger partial charge in [0.25, 0.3) is 10.0 Å². The van der Waals surface area contributed by atoms with Crippen LogP contribution in [0.3, 0.4) is 0 Å². The van der Waals surface area contributed by atoms with Crippen molar-refractivity contribution in [1.29, 1.82) is 0 Å². The average molecular weight is 315 g/mol. The number of sulfonamides is 1. The molecule has 0 radical (unpaired) electrons. The summed E-state index contributed by atoms with van der Waals surface area (Å²) in [7, 11) is -3.68. The van der Waals surface area contributed by atoms with Gasteiger partial charge in [-0.25, -0.2) is 4.98 Å². The van der Waals surface area contributed by atoms with E-state index in [1.807, 2.05) is 0 Å². The Balaban J connectivity index is 1.98. The highest BCUT2D eigenvalue weighted by atomic mass is 35.5. The van der Waals surface area contributed by atoms with Gasteiger partial charge in [-0.15, -0.1) is 0 Å². The maximum absolute atomic E-state index is 12.0. The van der Waals surface area contributed by atoms with Gasteiger partial charge in [0.15, 0.2) is 10.2 Å². The highest BCUT2D eigenvalue weighted by molar-refractivity contribution is 7.92. The van der Waals surface area contributed by atoms with Gasteiger partial charge in [0.2, 0.25) is 0 Å². The summed E-state index contributed by atoms with van der Waals surface area (Å²) in [5.41, 5.74) is 0.691. The third kappa shape index (κ3) is 2.42. The van der Waals surface area contributed by atoms with Crippen molar-refractivity contribution in [1.82, 2.24) is 15.2 Å². The van der Waals surface area contributed by atoms with E-state index in [4.69, 9.17) is 11.6 Å². The van der Waals surface area contributed by atoms with E-state index < -0.39 is 10.0 Å². The molecule has 0 saturated heterocycles. The first kappa shape index (κ1) is 12.4. The highest BCUT2D eigenvalue weighted by Gasteiger charge is 2.17. The molecule has 1 aromatic carbocycles. The van der Waals surface area contributed by atoms with Crippen LogP contribution in [-0.2, 0) is 10.0 Å². The molecule has 0 spiro atoms. The number of nitrogens with zero attached hydrogens (tertiary/aromatic N) is 2. The lowest BCUT2D eigenvalue weighted by atomic mass is 10.3. The lowest BCUT2D eigenvalue weighted by Crippen LogP contribution is -2.13. The molecule has 0 atom stereocenters. The molecular formula is C10H7ClN4O2S2. The largest absolute Gasteiger partial charge is 0.280 e. The van der Waals surface area contributed by atoms with Crippen LogP contribution < -0.4 is 4.72 Å². The number of aromatic nitrogens is 3. The van der Waals surface area contributed by atoms with Crippen LogP contribution in [0, 0.1) is 0 Å². The lowest BCUT2D eigenvalue weighted by Gasteiger charge is -2.00. The Hall–Kier alpha value is -1.64. The van der Waals surface area contributed by atoms with Gasteiger partial charge in [0.05, 0.1) is 16.4 Å². The minimum absolute atomic E-state index is 0.00946. The van der Waals surface area contributed by atoms with Crippen LogP contribution in [0.4, 0.5) is 5.13 Å². The molecule has 0 amide bonds. The number of rotatable bonds is 3. The zero-order valence-electron chi connectivity index (χ0n) is 9.29. The van der Waals surface area contributed by atoms with Crippen LogP contribution in [0.15, 0.2) is 35.5 Å². The summed E-state index contributed by atoms with van der Waals surface area (Å²) in [5.74, 6) is 0. The van der Waals surface area contributed by atoms with Gasteiger partial charge in [-0.3, -0.25) is 9.82 Å². The number of anilines is 1. The Kier molecular flexibility index (Phi) is 2.92. The fourth-order valence-corrected chi connectivity index (χ4v) is 3.79. The van der Waals surface area contributed by atoms with Crippen LogP contribution in [0.2, 0.25) is 5.02 Å². The molecule has 6 nitrogen and oxygen atoms in total. The van der Waals surface area contributed by atoms with Crippen molar-refractivity contribution in [3.8, 4) is 0 Å². The number of halogens is 1. The molecule has 3 rings (SSSR count). The Bertz CT molecular complexity index is 826. The predicted molar refractivity (Wildman–Crippen MR) is 74.0 cm³/mol. The van der Waals surface area contributed by atoms with Crippen molar-refractivity contribution in [3.63, 3.8) is 0 Å². The average Bonchev–Trinajstić information content (AvgIpc) is 2.95. The van der Waals surface area contributed by atoms with E-state index in [1.165, 1.54) is 23.6 Å². The van der Waals surface area contributed by atoms with E-state index in [-0.39, 0.29) is 10.2 Å². The topological polar surface area (TPSA) is 87.7 Å². The molecule has 2 N–H and O–H groups in total. The van der Waals surface area contributed by atoms with Gasteiger partial charge in [-0.2, -0.15) is 13.5 Å². The maximum Gasteiger partial charge on any atom is 0.280 e. The number of fused-ring (bicyclic) bond motifs is 1. The summed E-state index contributed by atoms with van der Waals surface area (Å²) in [6.45, 7) is 0. The molecule has 0 saturated carbocycles. The summed E-state index contributed by atoms with van der Waals surface area (Å²) >= 11 is 7.08. The Morgan fingerprint density at radius 3 is 2.89 bits per heavy atom. The first-order chi connectivity index (χ1) is 9.04. The number of H-pyrrole nitrogens is 1. The van der Waals surface area contributed by atoms with Crippen LogP contribution in [0.5, 0.6) is 0 Å². The standard InChI is InChI=1S/C10H7ClN4O2S2/c11-6-1-2-7-8(5-6)18-10(13-7)15-19(16,17)9-3-4-12-14-9/h1-5H,(H,12,14)(H,13,15). The zero-order valence-corrected chi connectivity index (χ0v) is 11.7. The van der Waals surface area contributed by atoms with Crippen molar-refractivity contribution >= 4 is 48.3 Å². The van der Waals surface area contributed by atoms with Crippen molar-refractivity contribution in [2.45, 2.75) is 5.03 Å². The van der Waals surface area contributed by atoms with Crippen molar-refractivity contribution in [3.05, 3.63) is 35.5 Å². The van der Waals surface area contributed by atoms with Gasteiger partial charge in [-0.1, -0.05) is 22.9 Å². The number of thiazole rings is 1. The molecule has 0 aliphatic heterocycles. The second-order valence-corrected chi connectivity index (χ2v) is 6.78. The van der Waals surface area contributed by atoms with E-state index >= 15 is 0 Å². The zero-order chi connectivity index (χ0) is 13.5. The molecule has 0 fully saturated rings. The fraction of sp³-hybridized carbons (Fsp3) is 0. The second kappa shape index (κ2) is 4.48. The molecule has 0 aliphatic carbocycles. The summed E-state index contributed by atoms with van der Waals surface area (Å²) in [6, 6.07) is 6.55. The molecule has 2 heterocycles. The van der Waals surface area contributed by atoms with E-state index in [0.717, 1.165) is 4.70 Å². The molecular weight excluding hydrogens is 308 g/mol. The minimum atomic E-state index is -3.68. The summed E-state index contributed by atoms with van der Waals surface area (Å²) in [6.07, 6.45) is 1.37. The predicted octanol–water partition coefficient (Wildman–Crippen LogP) is 2.47. The molecule has 2 aromatic heterocycles. The van der Waals surface area contributed by atoms with Gasteiger partial charge >= 0.3 is 0 Å². The SMILES string of the molecule is O=S(=O)(Nc1nc2ccc(Cl)cc2s1)c1ccn[nH]1. The van der Waals surface area contributed by atoms with Crippen molar-refractivity contribution in [2.75, 3.05) is 4.72 Å². The van der Waals surface area contributed by atoms with E-state index in [1.54, 1.807) is 18.2 Å². The van der Waals surface area contributed by atoms with Crippen LogP contribution in [0.25, 0.3) is 10.2 Å². The molecule has 0 bridgehead atoms. The highest BCUT2D eigenvalue weighted by Crippen LogP contribution is 2.29. The number of benzene rings is 1. The number of hydrogen-bond acceptors (Lipinski definition) is 5. The van der Waals surface area contributed by atoms with Crippen LogP contribution in [0.1, 0.15) is 0 Å². The fourth-order valence-electron chi connectivity index (χ4n) is 1.50. The monoisotopic (exact) mass is 314 g/mol. The molecule has 0 unspecified atom stereocenters. The number of hydrogen-bond donors (Lipinski definition) is 2. The summed E-state index contributed by atoms with van der Waals surface area (Å²) < 4.78 is 27.1. The Morgan fingerprint density at radius 1 is 1.32 bits per heavy atom. The molecule has 9 heteroatoms. The minimum Gasteiger partial charge on any atom is -0.266 e. The molecule has 3 aromatic rings. The maximum atomic E-state index is 12.0. The molecule has 19 heavy (non-hydrogen) atoms. The first-order valence-corrected chi connectivity index (χ1v) is 7.81. The Morgan fingerprint density at radius 2 is 2.16 bits per heavy atom. The van der Waals surface area contributed by atoms with Crippen LogP contribution >= 0.6 is 22.9 Å². The molecule has 98 valence electrons. The van der Waals surface area contributed by atoms with Gasteiger partial charge in [0.1, 0.15) is 0 Å². The van der Waals surface area contributed by atoms with Crippen molar-refractivity contribution in [2.24, 2.45) is 0 Å². The summed E-state index contributed by atoms with van der Waals surface area (Å²) in [5, 5.41) is 6.86. The van der Waals surface area contributed by atoms with Gasteiger partial charge in [0, 0.05) is 5.02 Å². The van der Waals surface area contributed by atoms with Crippen molar-refractivity contribution < 1.29 is 8.42 Å². The number of aromatic amines is 1. The van der Waals surface area contributed by atoms with E-state index in [0.29, 0.717) is 10.5 Å². The third-order valence-electron chi connectivity index (χ3n) is 2.34. The smallest absolute Gasteiger partial charge is 0.266 e.